The second-order valence-electron chi connectivity index (χ2n) is 2.91. The van der Waals surface area contributed by atoms with Gasteiger partial charge in [-0.15, -0.1) is 0 Å². The van der Waals surface area contributed by atoms with E-state index in [1.165, 1.54) is 12.8 Å². The van der Waals surface area contributed by atoms with Crippen molar-refractivity contribution in [1.29, 1.82) is 0 Å². The van der Waals surface area contributed by atoms with Crippen LogP contribution in [0.4, 0.5) is 0 Å². The number of nitrogens with one attached hydrogen (secondary N) is 1. The molecule has 2 atom stereocenters. The molecule has 2 rings (SSSR count). The molecule has 2 aliphatic rings. The van der Waals surface area contributed by atoms with Crippen LogP contribution in [0.15, 0.2) is 0 Å². The van der Waals surface area contributed by atoms with Gasteiger partial charge in [0.1, 0.15) is 6.04 Å². The van der Waals surface area contributed by atoms with Gasteiger partial charge in [0.25, 0.3) is 0 Å². The van der Waals surface area contributed by atoms with E-state index in [1.807, 2.05) is 0 Å². The van der Waals surface area contributed by atoms with Gasteiger partial charge in [0, 0.05) is 6.04 Å². The Morgan fingerprint density at radius 3 is 2.56 bits per heavy atom. The highest BCUT2D eigenvalue weighted by Crippen LogP contribution is 2.39. The third kappa shape index (κ3) is 0.812. The first-order chi connectivity index (χ1) is 4.29. The molecular weight excluding hydrogens is 116 g/mol. The quantitative estimate of drug-likeness (QED) is 0.477. The van der Waals surface area contributed by atoms with Crippen molar-refractivity contribution in [2.45, 2.75) is 24.9 Å². The second-order valence-corrected chi connectivity index (χ2v) is 2.91. The molecule has 1 aliphatic heterocycles. The summed E-state index contributed by atoms with van der Waals surface area (Å²) < 4.78 is 0. The van der Waals surface area contributed by atoms with Crippen LogP contribution in [-0.2, 0) is 4.79 Å². The van der Waals surface area contributed by atoms with E-state index in [9.17, 15) is 4.79 Å². The molecule has 1 amide bonds. The third-order valence-corrected chi connectivity index (χ3v) is 2.06. The summed E-state index contributed by atoms with van der Waals surface area (Å²) in [5.74, 6) is 0.578. The molecule has 0 aromatic carbocycles. The normalized spacial score (nSPS) is 40.4. The first-order valence-electron chi connectivity index (χ1n) is 3.34. The van der Waals surface area contributed by atoms with Gasteiger partial charge in [-0.1, -0.05) is 0 Å². The van der Waals surface area contributed by atoms with Gasteiger partial charge in [0.15, 0.2) is 0 Å². The molecule has 50 valence electrons. The molecule has 0 unspecified atom stereocenters. The molecule has 0 bridgehead atoms. The van der Waals surface area contributed by atoms with Crippen LogP contribution < -0.4 is 11.1 Å². The first kappa shape index (κ1) is 5.23. The molecule has 1 saturated carbocycles. The molecule has 1 heterocycles. The summed E-state index contributed by atoms with van der Waals surface area (Å²) in [4.78, 5) is 10.5. The molecule has 3 heteroatoms. The van der Waals surface area contributed by atoms with E-state index in [-0.39, 0.29) is 11.9 Å². The maximum Gasteiger partial charge on any atom is 0.236 e. The monoisotopic (exact) mass is 126 g/mol. The summed E-state index contributed by atoms with van der Waals surface area (Å²) in [6.45, 7) is 0. The van der Waals surface area contributed by atoms with Crippen LogP contribution in [0.1, 0.15) is 12.8 Å². The molecule has 1 saturated heterocycles. The third-order valence-electron chi connectivity index (χ3n) is 2.06. The van der Waals surface area contributed by atoms with E-state index in [0.29, 0.717) is 6.04 Å². The fraction of sp³-hybridized carbons (Fsp3) is 0.833. The van der Waals surface area contributed by atoms with Gasteiger partial charge in [0.05, 0.1) is 0 Å². The Bertz CT molecular complexity index is 153. The van der Waals surface area contributed by atoms with E-state index in [0.717, 1.165) is 5.92 Å². The molecule has 3 N–H and O–H groups in total. The minimum absolute atomic E-state index is 0.0116. The van der Waals surface area contributed by atoms with Gasteiger partial charge < -0.3 is 5.73 Å². The predicted molar refractivity (Wildman–Crippen MR) is 32.6 cm³/mol. The largest absolute Gasteiger partial charge is 0.368 e. The Kier molecular flexibility index (Phi) is 0.858. The lowest BCUT2D eigenvalue weighted by Crippen LogP contribution is -2.21. The SMILES string of the molecule is NC(=O)[C@@H]1N[C@H]1C1CC1. The number of hydrogen-bond donors (Lipinski definition) is 2. The van der Waals surface area contributed by atoms with E-state index in [1.54, 1.807) is 0 Å². The highest BCUT2D eigenvalue weighted by molar-refractivity contribution is 5.84. The number of carbonyl (C=O) groups is 1. The number of nitrogens with two attached hydrogens (primary N) is 1. The van der Waals surface area contributed by atoms with E-state index in [2.05, 4.69) is 5.32 Å². The zero-order chi connectivity index (χ0) is 6.43. The average molecular weight is 126 g/mol. The van der Waals surface area contributed by atoms with Crippen molar-refractivity contribution in [2.75, 3.05) is 0 Å². The van der Waals surface area contributed by atoms with Crippen molar-refractivity contribution >= 4 is 5.91 Å². The van der Waals surface area contributed by atoms with E-state index < -0.39 is 0 Å². The van der Waals surface area contributed by atoms with Crippen LogP contribution in [0, 0.1) is 5.92 Å². The Labute approximate surface area is 53.6 Å². The Morgan fingerprint density at radius 2 is 2.22 bits per heavy atom. The Morgan fingerprint density at radius 1 is 1.56 bits per heavy atom. The number of amides is 1. The average Bonchev–Trinajstić information content (AvgIpc) is 2.60. The molecule has 0 spiro atoms. The van der Waals surface area contributed by atoms with Crippen LogP contribution >= 0.6 is 0 Å². The van der Waals surface area contributed by atoms with Crippen LogP contribution in [-0.4, -0.2) is 18.0 Å². The van der Waals surface area contributed by atoms with Crippen molar-refractivity contribution in [3.63, 3.8) is 0 Å². The van der Waals surface area contributed by atoms with Gasteiger partial charge in [-0.25, -0.2) is 0 Å². The lowest BCUT2D eigenvalue weighted by Gasteiger charge is -1.84. The minimum atomic E-state index is -0.188. The lowest BCUT2D eigenvalue weighted by molar-refractivity contribution is -0.117. The second kappa shape index (κ2) is 1.48. The zero-order valence-electron chi connectivity index (χ0n) is 5.13. The Hall–Kier alpha value is -0.570. The number of carbonyl (C=O) groups excluding carboxylic acids is 1. The lowest BCUT2D eigenvalue weighted by atomic mass is 10.2. The summed E-state index contributed by atoms with van der Waals surface area (Å²) in [6.07, 6.45) is 2.56. The molecule has 2 fully saturated rings. The fourth-order valence-corrected chi connectivity index (χ4v) is 1.27. The van der Waals surface area contributed by atoms with Crippen molar-refractivity contribution in [3.05, 3.63) is 0 Å². The number of primary amides is 1. The molecular formula is C6H10N2O. The van der Waals surface area contributed by atoms with E-state index in [4.69, 9.17) is 5.73 Å². The van der Waals surface area contributed by atoms with Crippen LogP contribution in [0.3, 0.4) is 0 Å². The van der Waals surface area contributed by atoms with Gasteiger partial charge in [-0.05, 0) is 18.8 Å². The van der Waals surface area contributed by atoms with Crippen LogP contribution in [0.2, 0.25) is 0 Å². The summed E-state index contributed by atoms with van der Waals surface area (Å²) in [7, 11) is 0. The van der Waals surface area contributed by atoms with Gasteiger partial charge in [0.2, 0.25) is 5.91 Å². The first-order valence-corrected chi connectivity index (χ1v) is 3.34. The standard InChI is InChI=1S/C6H10N2O/c7-6(9)5-4(8-5)3-1-2-3/h3-5,8H,1-2H2,(H2,7,9)/t4-,5+/m0/s1. The fourth-order valence-electron chi connectivity index (χ4n) is 1.27. The minimum Gasteiger partial charge on any atom is -0.368 e. The molecule has 3 nitrogen and oxygen atoms in total. The molecule has 0 aromatic rings. The summed E-state index contributed by atoms with van der Waals surface area (Å²) in [5.41, 5.74) is 5.05. The predicted octanol–water partition coefficient (Wildman–Crippen LogP) is -0.778. The highest BCUT2D eigenvalue weighted by atomic mass is 16.1. The van der Waals surface area contributed by atoms with Gasteiger partial charge in [-0.2, -0.15) is 0 Å². The topological polar surface area (TPSA) is 65.0 Å². The summed E-state index contributed by atoms with van der Waals surface area (Å²) in [5, 5.41) is 3.06. The Balaban J connectivity index is 1.87. The van der Waals surface area contributed by atoms with Crippen LogP contribution in [0.25, 0.3) is 0 Å². The molecule has 0 aromatic heterocycles. The van der Waals surface area contributed by atoms with Crippen LogP contribution in [0.5, 0.6) is 0 Å². The van der Waals surface area contributed by atoms with Gasteiger partial charge >= 0.3 is 0 Å². The van der Waals surface area contributed by atoms with Crippen molar-refractivity contribution < 1.29 is 4.79 Å². The summed E-state index contributed by atoms with van der Waals surface area (Å²) in [6, 6.07) is 0.458. The van der Waals surface area contributed by atoms with E-state index >= 15 is 0 Å². The van der Waals surface area contributed by atoms with Crippen molar-refractivity contribution in [3.8, 4) is 0 Å². The van der Waals surface area contributed by atoms with Gasteiger partial charge in [-0.3, -0.25) is 10.1 Å². The molecule has 9 heavy (non-hydrogen) atoms. The van der Waals surface area contributed by atoms with Crippen molar-refractivity contribution in [1.82, 2.24) is 5.32 Å². The van der Waals surface area contributed by atoms with Crippen molar-refractivity contribution in [2.24, 2.45) is 11.7 Å². The number of rotatable bonds is 2. The molecule has 1 aliphatic carbocycles. The maximum absolute atomic E-state index is 10.5. The zero-order valence-corrected chi connectivity index (χ0v) is 5.13. The molecule has 0 radical (unpaired) electrons. The number of hydrogen-bond acceptors (Lipinski definition) is 2. The highest BCUT2D eigenvalue weighted by Gasteiger charge is 2.49. The maximum atomic E-state index is 10.5. The smallest absolute Gasteiger partial charge is 0.236 e. The summed E-state index contributed by atoms with van der Waals surface area (Å²) >= 11 is 0.